The summed E-state index contributed by atoms with van der Waals surface area (Å²) >= 11 is 0. The summed E-state index contributed by atoms with van der Waals surface area (Å²) in [6, 6.07) is 29.4. The van der Waals surface area contributed by atoms with Gasteiger partial charge in [0.05, 0.1) is 0 Å². The summed E-state index contributed by atoms with van der Waals surface area (Å²) in [6.45, 7) is 4.25. The van der Waals surface area contributed by atoms with Gasteiger partial charge in [0, 0.05) is 11.8 Å². The fraction of sp³-hybridized carbons (Fsp3) is 0.222. The molecule has 0 fully saturated rings. The average Bonchev–Trinajstić information content (AvgIpc) is 2.75. The lowest BCUT2D eigenvalue weighted by molar-refractivity contribution is -0.122. The maximum absolute atomic E-state index is 13.8. The molecule has 0 aliphatic rings. The van der Waals surface area contributed by atoms with Crippen molar-refractivity contribution in [2.45, 2.75) is 38.5 Å². The van der Waals surface area contributed by atoms with Gasteiger partial charge in [-0.3, -0.25) is 4.79 Å². The molecule has 4 rings (SSSR count). The van der Waals surface area contributed by atoms with Gasteiger partial charge in [-0.1, -0.05) is 98.8 Å². The second kappa shape index (κ2) is 7.98. The van der Waals surface area contributed by atoms with Crippen molar-refractivity contribution in [3.63, 3.8) is 0 Å². The van der Waals surface area contributed by atoms with Crippen LogP contribution in [0, 0.1) is 0 Å². The Kier molecular flexibility index (Phi) is 5.25. The predicted octanol–water partition coefficient (Wildman–Crippen LogP) is 7.25. The zero-order chi connectivity index (χ0) is 19.5. The van der Waals surface area contributed by atoms with Gasteiger partial charge in [0.15, 0.2) is 0 Å². The van der Waals surface area contributed by atoms with E-state index in [-0.39, 0.29) is 11.8 Å². The molecule has 0 aliphatic carbocycles. The second-order valence-corrected chi connectivity index (χ2v) is 7.46. The SMILES string of the molecule is CCC(C(=O)C(CC)c1cccc2ccccc12)c1cccc2ccccc12. The first kappa shape index (κ1) is 18.4. The minimum absolute atomic E-state index is 0.0879. The molecule has 4 aromatic carbocycles. The quantitative estimate of drug-likeness (QED) is 0.351. The van der Waals surface area contributed by atoms with Crippen LogP contribution in [0.15, 0.2) is 84.9 Å². The number of carbonyl (C=O) groups is 1. The average molecular weight is 367 g/mol. The zero-order valence-corrected chi connectivity index (χ0v) is 16.6. The van der Waals surface area contributed by atoms with Crippen LogP contribution in [0.4, 0.5) is 0 Å². The van der Waals surface area contributed by atoms with Crippen molar-refractivity contribution in [2.24, 2.45) is 0 Å². The summed E-state index contributed by atoms with van der Waals surface area (Å²) in [5.74, 6) is 0.155. The first-order valence-corrected chi connectivity index (χ1v) is 10.2. The molecule has 0 bridgehead atoms. The van der Waals surface area contributed by atoms with Gasteiger partial charge in [-0.15, -0.1) is 0 Å². The van der Waals surface area contributed by atoms with E-state index in [0.717, 1.165) is 24.0 Å². The van der Waals surface area contributed by atoms with Crippen molar-refractivity contribution >= 4 is 27.3 Å². The lowest BCUT2D eigenvalue weighted by atomic mass is 9.78. The van der Waals surface area contributed by atoms with E-state index in [1.807, 2.05) is 0 Å². The van der Waals surface area contributed by atoms with Gasteiger partial charge < -0.3 is 0 Å². The lowest BCUT2D eigenvalue weighted by Gasteiger charge is -2.23. The van der Waals surface area contributed by atoms with Crippen LogP contribution < -0.4 is 0 Å². The summed E-state index contributed by atoms with van der Waals surface area (Å²) in [4.78, 5) is 13.8. The van der Waals surface area contributed by atoms with E-state index >= 15 is 0 Å². The monoisotopic (exact) mass is 366 g/mol. The predicted molar refractivity (Wildman–Crippen MR) is 119 cm³/mol. The van der Waals surface area contributed by atoms with Gasteiger partial charge >= 0.3 is 0 Å². The molecule has 0 heterocycles. The van der Waals surface area contributed by atoms with Crippen LogP contribution in [-0.4, -0.2) is 5.78 Å². The molecule has 0 saturated carbocycles. The van der Waals surface area contributed by atoms with E-state index in [4.69, 9.17) is 0 Å². The highest BCUT2D eigenvalue weighted by Crippen LogP contribution is 2.36. The first-order chi connectivity index (χ1) is 13.7. The van der Waals surface area contributed by atoms with E-state index in [0.29, 0.717) is 5.78 Å². The Bertz CT molecular complexity index is 1030. The molecule has 0 aromatic heterocycles. The molecule has 0 N–H and O–H groups in total. The molecule has 28 heavy (non-hydrogen) atoms. The Morgan fingerprint density at radius 1 is 0.607 bits per heavy atom. The van der Waals surface area contributed by atoms with Crippen molar-refractivity contribution in [3.8, 4) is 0 Å². The highest BCUT2D eigenvalue weighted by molar-refractivity contribution is 5.99. The Morgan fingerprint density at radius 2 is 1.00 bits per heavy atom. The van der Waals surface area contributed by atoms with Gasteiger partial charge in [-0.05, 0) is 45.5 Å². The first-order valence-electron chi connectivity index (χ1n) is 10.2. The third-order valence-electron chi connectivity index (χ3n) is 5.90. The normalized spacial score (nSPS) is 13.5. The van der Waals surface area contributed by atoms with Crippen molar-refractivity contribution in [1.82, 2.24) is 0 Å². The third kappa shape index (κ3) is 3.22. The van der Waals surface area contributed by atoms with Crippen molar-refractivity contribution in [2.75, 3.05) is 0 Å². The molecule has 0 saturated heterocycles. The van der Waals surface area contributed by atoms with Crippen LogP contribution in [0.5, 0.6) is 0 Å². The minimum Gasteiger partial charge on any atom is -0.298 e. The third-order valence-corrected chi connectivity index (χ3v) is 5.90. The van der Waals surface area contributed by atoms with E-state index < -0.39 is 0 Å². The molecule has 0 amide bonds. The van der Waals surface area contributed by atoms with Crippen LogP contribution in [0.25, 0.3) is 21.5 Å². The molecule has 0 radical (unpaired) electrons. The minimum atomic E-state index is -0.0879. The van der Waals surface area contributed by atoms with Gasteiger partial charge in [-0.2, -0.15) is 0 Å². The second-order valence-electron chi connectivity index (χ2n) is 7.46. The van der Waals surface area contributed by atoms with E-state index in [1.54, 1.807) is 0 Å². The molecule has 4 aromatic rings. The number of rotatable bonds is 6. The molecular weight excluding hydrogens is 340 g/mol. The highest BCUT2D eigenvalue weighted by atomic mass is 16.1. The largest absolute Gasteiger partial charge is 0.298 e. The molecular formula is C27H26O. The molecule has 0 spiro atoms. The topological polar surface area (TPSA) is 17.1 Å². The number of hydrogen-bond donors (Lipinski definition) is 0. The summed E-state index contributed by atoms with van der Waals surface area (Å²) in [7, 11) is 0. The molecule has 1 nitrogen and oxygen atoms in total. The molecule has 1 heteroatoms. The van der Waals surface area contributed by atoms with Crippen LogP contribution in [0.2, 0.25) is 0 Å². The van der Waals surface area contributed by atoms with Gasteiger partial charge in [0.25, 0.3) is 0 Å². The molecule has 2 unspecified atom stereocenters. The van der Waals surface area contributed by atoms with Gasteiger partial charge in [-0.25, -0.2) is 0 Å². The number of benzene rings is 4. The van der Waals surface area contributed by atoms with Crippen LogP contribution in [0.1, 0.15) is 49.7 Å². The Labute approximate surface area is 167 Å². The standard InChI is InChI=1S/C27H26O/c1-3-21(25-17-9-13-19-11-5-7-15-23(19)25)27(28)22(4-2)26-18-10-14-20-12-6-8-16-24(20)26/h5-18,21-22H,3-4H2,1-2H3. The van der Waals surface area contributed by atoms with Crippen LogP contribution in [-0.2, 0) is 4.79 Å². The zero-order valence-electron chi connectivity index (χ0n) is 16.6. The molecule has 0 aliphatic heterocycles. The number of ketones is 1. The van der Waals surface area contributed by atoms with E-state index in [2.05, 4.69) is 98.8 Å². The van der Waals surface area contributed by atoms with Crippen molar-refractivity contribution in [1.29, 1.82) is 0 Å². The fourth-order valence-corrected chi connectivity index (χ4v) is 4.50. The Balaban J connectivity index is 1.80. The Morgan fingerprint density at radius 3 is 1.43 bits per heavy atom. The maximum atomic E-state index is 13.8. The summed E-state index contributed by atoms with van der Waals surface area (Å²) in [6.07, 6.45) is 1.63. The summed E-state index contributed by atoms with van der Waals surface area (Å²) in [5.41, 5.74) is 2.31. The Hall–Kier alpha value is -2.93. The maximum Gasteiger partial charge on any atom is 0.147 e. The smallest absolute Gasteiger partial charge is 0.147 e. The molecule has 2 atom stereocenters. The number of carbonyl (C=O) groups excluding carboxylic acids is 1. The van der Waals surface area contributed by atoms with E-state index in [1.165, 1.54) is 21.5 Å². The van der Waals surface area contributed by atoms with Gasteiger partial charge in [0.1, 0.15) is 5.78 Å². The highest BCUT2D eigenvalue weighted by Gasteiger charge is 2.29. The lowest BCUT2D eigenvalue weighted by Crippen LogP contribution is -2.20. The van der Waals surface area contributed by atoms with Crippen molar-refractivity contribution < 1.29 is 4.79 Å². The van der Waals surface area contributed by atoms with Gasteiger partial charge in [0.2, 0.25) is 0 Å². The van der Waals surface area contributed by atoms with E-state index in [9.17, 15) is 4.79 Å². The van der Waals surface area contributed by atoms with Crippen LogP contribution in [0.3, 0.4) is 0 Å². The number of fused-ring (bicyclic) bond motifs is 2. The molecule has 140 valence electrons. The number of hydrogen-bond acceptors (Lipinski definition) is 1. The fourth-order valence-electron chi connectivity index (χ4n) is 4.50. The number of Topliss-reactive ketones (excluding diaryl/α,β-unsaturated/α-hetero) is 1. The van der Waals surface area contributed by atoms with Crippen LogP contribution >= 0.6 is 0 Å². The summed E-state index contributed by atoms with van der Waals surface area (Å²) < 4.78 is 0. The van der Waals surface area contributed by atoms with Crippen molar-refractivity contribution in [3.05, 3.63) is 96.1 Å². The summed E-state index contributed by atoms with van der Waals surface area (Å²) in [5, 5.41) is 4.78.